The molecular weight excluding hydrogens is 357 g/mol. The van der Waals surface area contributed by atoms with Gasteiger partial charge in [-0.25, -0.2) is 4.39 Å². The van der Waals surface area contributed by atoms with Gasteiger partial charge in [0, 0.05) is 36.2 Å². The highest BCUT2D eigenvalue weighted by Crippen LogP contribution is 2.32. The molecule has 0 fully saturated rings. The van der Waals surface area contributed by atoms with Crippen LogP contribution in [0.15, 0.2) is 42.6 Å². The Labute approximate surface area is 163 Å². The third-order valence-electron chi connectivity index (χ3n) is 4.59. The van der Waals surface area contributed by atoms with Crippen LogP contribution in [0.2, 0.25) is 0 Å². The minimum absolute atomic E-state index is 0.0113. The first-order valence-electron chi connectivity index (χ1n) is 9.22. The minimum Gasteiger partial charge on any atom is -0.494 e. The van der Waals surface area contributed by atoms with Crippen molar-refractivity contribution in [3.05, 3.63) is 59.5 Å². The Morgan fingerprint density at radius 3 is 2.82 bits per heavy atom. The van der Waals surface area contributed by atoms with Crippen molar-refractivity contribution in [2.45, 2.75) is 26.2 Å². The van der Waals surface area contributed by atoms with Crippen molar-refractivity contribution in [3.8, 4) is 17.5 Å². The van der Waals surface area contributed by atoms with E-state index in [9.17, 15) is 9.18 Å². The zero-order chi connectivity index (χ0) is 20.1. The molecule has 0 spiro atoms. The van der Waals surface area contributed by atoms with Gasteiger partial charge in [-0.2, -0.15) is 5.26 Å². The maximum absolute atomic E-state index is 14.4. The van der Waals surface area contributed by atoms with Gasteiger partial charge in [0.15, 0.2) is 0 Å². The highest BCUT2D eigenvalue weighted by atomic mass is 19.1. The van der Waals surface area contributed by atoms with Gasteiger partial charge >= 0.3 is 0 Å². The average Bonchev–Trinajstić information content (AvgIpc) is 3.10. The van der Waals surface area contributed by atoms with Gasteiger partial charge in [-0.05, 0) is 43.2 Å². The predicted octanol–water partition coefficient (Wildman–Crippen LogP) is 4.11. The molecule has 0 saturated carbocycles. The number of carbonyl (C=O) groups excluding carboxylic acids is 1. The summed E-state index contributed by atoms with van der Waals surface area (Å²) in [6, 6.07) is 12.2. The molecule has 0 bridgehead atoms. The monoisotopic (exact) mass is 379 g/mol. The SMILES string of the molecule is CCCC(=O)NCCc1cc(F)cc(-n2ccc3cc(C#N)ccc32)c1OC. The molecule has 0 atom stereocenters. The van der Waals surface area contributed by atoms with Crippen LogP contribution in [0.25, 0.3) is 16.6 Å². The number of nitriles is 1. The van der Waals surface area contributed by atoms with Crippen LogP contribution in [-0.4, -0.2) is 24.1 Å². The Kier molecular flexibility index (Phi) is 5.95. The van der Waals surface area contributed by atoms with Crippen LogP contribution >= 0.6 is 0 Å². The van der Waals surface area contributed by atoms with Crippen molar-refractivity contribution in [1.29, 1.82) is 5.26 Å². The second-order valence-corrected chi connectivity index (χ2v) is 6.54. The van der Waals surface area contributed by atoms with Crippen molar-refractivity contribution in [1.82, 2.24) is 9.88 Å². The standard InChI is InChI=1S/C22H22FN3O2/c1-3-4-21(27)25-9-7-17-12-18(23)13-20(22(17)28-2)26-10-8-16-11-15(14-24)5-6-19(16)26/h5-6,8,10-13H,3-4,7,9H2,1-2H3,(H,25,27). The molecular formula is C22H22FN3O2. The number of carbonyl (C=O) groups is 1. The Morgan fingerprint density at radius 1 is 1.29 bits per heavy atom. The number of hydrogen-bond acceptors (Lipinski definition) is 3. The van der Waals surface area contributed by atoms with E-state index in [1.54, 1.807) is 19.2 Å². The fourth-order valence-electron chi connectivity index (χ4n) is 3.31. The lowest BCUT2D eigenvalue weighted by Gasteiger charge is -2.16. The van der Waals surface area contributed by atoms with Crippen molar-refractivity contribution >= 4 is 16.8 Å². The topological polar surface area (TPSA) is 67.0 Å². The van der Waals surface area contributed by atoms with E-state index in [4.69, 9.17) is 10.00 Å². The Morgan fingerprint density at radius 2 is 2.11 bits per heavy atom. The Balaban J connectivity index is 1.97. The summed E-state index contributed by atoms with van der Waals surface area (Å²) in [5.74, 6) is 0.178. The van der Waals surface area contributed by atoms with Crippen molar-refractivity contribution in [2.24, 2.45) is 0 Å². The molecule has 1 N–H and O–H groups in total. The molecule has 0 saturated heterocycles. The molecule has 0 unspecified atom stereocenters. The second kappa shape index (κ2) is 8.57. The minimum atomic E-state index is -0.374. The van der Waals surface area contributed by atoms with Crippen molar-refractivity contribution in [3.63, 3.8) is 0 Å². The van der Waals surface area contributed by atoms with E-state index >= 15 is 0 Å². The summed E-state index contributed by atoms with van der Waals surface area (Å²) in [5, 5.41) is 12.8. The Bertz CT molecular complexity index is 1050. The first kappa shape index (κ1) is 19.4. The number of hydrogen-bond donors (Lipinski definition) is 1. The molecule has 28 heavy (non-hydrogen) atoms. The largest absolute Gasteiger partial charge is 0.494 e. The highest BCUT2D eigenvalue weighted by molar-refractivity contribution is 5.84. The summed E-state index contributed by atoms with van der Waals surface area (Å²) < 4.78 is 21.8. The van der Waals surface area contributed by atoms with Gasteiger partial charge in [-0.3, -0.25) is 4.79 Å². The smallest absolute Gasteiger partial charge is 0.219 e. The number of aromatic nitrogens is 1. The summed E-state index contributed by atoms with van der Waals surface area (Å²) >= 11 is 0. The molecule has 1 heterocycles. The van der Waals surface area contributed by atoms with Crippen LogP contribution in [0.4, 0.5) is 4.39 Å². The molecule has 144 valence electrons. The molecule has 3 aromatic rings. The molecule has 1 amide bonds. The molecule has 5 nitrogen and oxygen atoms in total. The van der Waals surface area contributed by atoms with Crippen LogP contribution in [-0.2, 0) is 11.2 Å². The lowest BCUT2D eigenvalue weighted by Crippen LogP contribution is -2.25. The number of nitrogens with one attached hydrogen (secondary N) is 1. The summed E-state index contributed by atoms with van der Waals surface area (Å²) in [6.45, 7) is 2.36. The maximum Gasteiger partial charge on any atom is 0.219 e. The average molecular weight is 379 g/mol. The summed E-state index contributed by atoms with van der Waals surface area (Å²) in [6.07, 6.45) is 3.55. The molecule has 2 aromatic carbocycles. The number of methoxy groups -OCH3 is 1. The molecule has 0 aliphatic carbocycles. The first-order valence-corrected chi connectivity index (χ1v) is 9.22. The van der Waals surface area contributed by atoms with E-state index in [0.717, 1.165) is 17.3 Å². The molecule has 3 rings (SSSR count). The first-order chi connectivity index (χ1) is 13.6. The fourth-order valence-corrected chi connectivity index (χ4v) is 3.31. The van der Waals surface area contributed by atoms with E-state index in [0.29, 0.717) is 42.0 Å². The third-order valence-corrected chi connectivity index (χ3v) is 4.59. The normalized spacial score (nSPS) is 10.6. The third kappa shape index (κ3) is 3.99. The van der Waals surface area contributed by atoms with Crippen molar-refractivity contribution in [2.75, 3.05) is 13.7 Å². The van der Waals surface area contributed by atoms with Crippen molar-refractivity contribution < 1.29 is 13.9 Å². The highest BCUT2D eigenvalue weighted by Gasteiger charge is 2.15. The molecule has 1 aromatic heterocycles. The van der Waals surface area contributed by atoms with E-state index in [2.05, 4.69) is 11.4 Å². The zero-order valence-corrected chi connectivity index (χ0v) is 16.0. The van der Waals surface area contributed by atoms with Gasteiger partial charge in [-0.1, -0.05) is 6.92 Å². The second-order valence-electron chi connectivity index (χ2n) is 6.54. The van der Waals surface area contributed by atoms with Crippen LogP contribution in [0, 0.1) is 17.1 Å². The summed E-state index contributed by atoms with van der Waals surface area (Å²) in [4.78, 5) is 11.7. The quantitative estimate of drug-likeness (QED) is 0.672. The van der Waals surface area contributed by atoms with Gasteiger partial charge < -0.3 is 14.6 Å². The summed E-state index contributed by atoms with van der Waals surface area (Å²) in [7, 11) is 1.55. The van der Waals surface area contributed by atoms with Gasteiger partial charge in [-0.15, -0.1) is 0 Å². The number of benzene rings is 2. The Hall–Kier alpha value is -3.33. The molecule has 0 aliphatic heterocycles. The van der Waals surface area contributed by atoms with Gasteiger partial charge in [0.1, 0.15) is 11.6 Å². The molecule has 0 aliphatic rings. The van der Waals surface area contributed by atoms with E-state index in [-0.39, 0.29) is 11.7 Å². The predicted molar refractivity (Wildman–Crippen MR) is 106 cm³/mol. The molecule has 0 radical (unpaired) electrons. The number of nitrogens with zero attached hydrogens (tertiary/aromatic N) is 2. The molecule has 6 heteroatoms. The van der Waals surface area contributed by atoms with E-state index < -0.39 is 0 Å². The van der Waals surface area contributed by atoms with Crippen LogP contribution in [0.5, 0.6) is 5.75 Å². The number of ether oxygens (including phenoxy) is 1. The summed E-state index contributed by atoms with van der Waals surface area (Å²) in [5.41, 5.74) is 2.69. The van der Waals surface area contributed by atoms with Gasteiger partial charge in [0.25, 0.3) is 0 Å². The lowest BCUT2D eigenvalue weighted by molar-refractivity contribution is -0.121. The number of halogens is 1. The van der Waals surface area contributed by atoms with Gasteiger partial charge in [0.05, 0.1) is 29.9 Å². The van der Waals surface area contributed by atoms with E-state index in [1.165, 1.54) is 12.1 Å². The zero-order valence-electron chi connectivity index (χ0n) is 16.0. The number of rotatable bonds is 7. The van der Waals surface area contributed by atoms with Crippen LogP contribution in [0.1, 0.15) is 30.9 Å². The fraction of sp³-hybridized carbons (Fsp3) is 0.273. The van der Waals surface area contributed by atoms with E-state index in [1.807, 2.05) is 29.8 Å². The number of fused-ring (bicyclic) bond motifs is 1. The lowest BCUT2D eigenvalue weighted by atomic mass is 10.1. The number of amides is 1. The van der Waals surface area contributed by atoms with Crippen LogP contribution in [0.3, 0.4) is 0 Å². The van der Waals surface area contributed by atoms with Crippen LogP contribution < -0.4 is 10.1 Å². The van der Waals surface area contributed by atoms with Gasteiger partial charge in [0.2, 0.25) is 5.91 Å². The maximum atomic E-state index is 14.4.